The minimum atomic E-state index is -2.83. The van der Waals surface area contributed by atoms with Crippen LogP contribution in [0.5, 0.6) is 5.75 Å². The summed E-state index contributed by atoms with van der Waals surface area (Å²) < 4.78 is 29.7. The van der Waals surface area contributed by atoms with Gasteiger partial charge in [0.1, 0.15) is 5.75 Å². The molecule has 6 heteroatoms. The number of benzene rings is 2. The van der Waals surface area contributed by atoms with E-state index in [-0.39, 0.29) is 11.7 Å². The van der Waals surface area contributed by atoms with Gasteiger partial charge in [0.05, 0.1) is 0 Å². The molecule has 0 unspecified atom stereocenters. The molecule has 1 heterocycles. The summed E-state index contributed by atoms with van der Waals surface area (Å²) in [5, 5.41) is 0. The minimum Gasteiger partial charge on any atom is -0.434 e. The van der Waals surface area contributed by atoms with Crippen molar-refractivity contribution in [1.29, 1.82) is 0 Å². The van der Waals surface area contributed by atoms with Gasteiger partial charge < -0.3 is 9.64 Å². The fourth-order valence-electron chi connectivity index (χ4n) is 3.18. The Balaban J connectivity index is 1.62. The zero-order valence-electron chi connectivity index (χ0n) is 14.5. The van der Waals surface area contributed by atoms with Crippen LogP contribution in [-0.4, -0.2) is 48.5 Å². The second-order valence-corrected chi connectivity index (χ2v) is 6.27. The number of carbonyl (C=O) groups is 1. The Morgan fingerprint density at radius 2 is 1.69 bits per heavy atom. The first-order valence-corrected chi connectivity index (χ1v) is 8.73. The van der Waals surface area contributed by atoms with Crippen LogP contribution in [0.25, 0.3) is 0 Å². The monoisotopic (exact) mass is 360 g/mol. The van der Waals surface area contributed by atoms with Crippen molar-refractivity contribution in [3.8, 4) is 5.75 Å². The first-order chi connectivity index (χ1) is 12.6. The molecule has 1 saturated heterocycles. The number of hydrogen-bond donors (Lipinski definition) is 0. The van der Waals surface area contributed by atoms with Crippen molar-refractivity contribution in [3.05, 3.63) is 65.7 Å². The number of carbonyl (C=O) groups excluding carboxylic acids is 1. The summed E-state index contributed by atoms with van der Waals surface area (Å²) >= 11 is 0. The van der Waals surface area contributed by atoms with Crippen molar-refractivity contribution in [1.82, 2.24) is 9.80 Å². The van der Waals surface area contributed by atoms with Gasteiger partial charge in [-0.05, 0) is 24.6 Å². The number of amides is 1. The quantitative estimate of drug-likeness (QED) is 0.816. The lowest BCUT2D eigenvalue weighted by Gasteiger charge is -2.23. The number of alkyl halides is 2. The van der Waals surface area contributed by atoms with Crippen LogP contribution in [0.1, 0.15) is 22.3 Å². The van der Waals surface area contributed by atoms with E-state index < -0.39 is 6.61 Å². The van der Waals surface area contributed by atoms with Crippen LogP contribution < -0.4 is 4.74 Å². The minimum absolute atomic E-state index is 0.0360. The fourth-order valence-corrected chi connectivity index (χ4v) is 3.18. The largest absolute Gasteiger partial charge is 0.434 e. The van der Waals surface area contributed by atoms with Crippen LogP contribution in [0.2, 0.25) is 0 Å². The van der Waals surface area contributed by atoms with E-state index in [9.17, 15) is 13.6 Å². The third-order valence-corrected chi connectivity index (χ3v) is 4.48. The van der Waals surface area contributed by atoms with Crippen LogP contribution in [0.15, 0.2) is 54.6 Å². The van der Waals surface area contributed by atoms with E-state index in [1.54, 1.807) is 18.2 Å². The lowest BCUT2D eigenvalue weighted by atomic mass is 10.2. The average molecular weight is 360 g/mol. The topological polar surface area (TPSA) is 32.8 Å². The van der Waals surface area contributed by atoms with Crippen LogP contribution >= 0.6 is 0 Å². The Labute approximate surface area is 152 Å². The van der Waals surface area contributed by atoms with Crippen molar-refractivity contribution in [2.75, 3.05) is 26.2 Å². The smallest absolute Gasteiger partial charge is 0.387 e. The number of halogens is 2. The fraction of sp³-hybridized carbons (Fsp3) is 0.350. The lowest BCUT2D eigenvalue weighted by molar-refractivity contribution is -0.0507. The zero-order chi connectivity index (χ0) is 18.4. The normalized spacial score (nSPS) is 15.7. The third kappa shape index (κ3) is 4.79. The van der Waals surface area contributed by atoms with Crippen molar-refractivity contribution < 1.29 is 18.3 Å². The van der Waals surface area contributed by atoms with E-state index in [4.69, 9.17) is 0 Å². The molecule has 0 N–H and O–H groups in total. The van der Waals surface area contributed by atoms with Crippen molar-refractivity contribution in [2.24, 2.45) is 0 Å². The van der Waals surface area contributed by atoms with Crippen molar-refractivity contribution in [3.63, 3.8) is 0 Å². The van der Waals surface area contributed by atoms with E-state index in [2.05, 4.69) is 9.64 Å². The molecule has 0 aliphatic carbocycles. The Morgan fingerprint density at radius 1 is 0.962 bits per heavy atom. The Bertz CT molecular complexity index is 725. The second-order valence-electron chi connectivity index (χ2n) is 6.27. The molecular weight excluding hydrogens is 338 g/mol. The molecular formula is C20H22F2N2O2. The van der Waals surface area contributed by atoms with Crippen LogP contribution in [0, 0.1) is 0 Å². The predicted molar refractivity (Wildman–Crippen MR) is 95.3 cm³/mol. The summed E-state index contributed by atoms with van der Waals surface area (Å²) in [6.45, 7) is 0.504. The van der Waals surface area contributed by atoms with E-state index in [1.165, 1.54) is 0 Å². The number of ether oxygens (including phenoxy) is 1. The van der Waals surface area contributed by atoms with Crippen molar-refractivity contribution >= 4 is 5.91 Å². The molecule has 0 radical (unpaired) electrons. The van der Waals surface area contributed by atoms with Crippen LogP contribution in [-0.2, 0) is 6.54 Å². The van der Waals surface area contributed by atoms with E-state index in [0.29, 0.717) is 31.7 Å². The van der Waals surface area contributed by atoms with Gasteiger partial charge in [-0.2, -0.15) is 8.78 Å². The van der Waals surface area contributed by atoms with Gasteiger partial charge in [0, 0.05) is 43.9 Å². The first kappa shape index (κ1) is 18.3. The summed E-state index contributed by atoms with van der Waals surface area (Å²) in [7, 11) is 0. The standard InChI is InChI=1S/C20H22F2N2O2/c21-20(22)26-18-10-5-4-9-17(18)15-23-11-6-12-24(14-13-23)19(25)16-7-2-1-3-8-16/h1-5,7-10,20H,6,11-15H2. The summed E-state index contributed by atoms with van der Waals surface area (Å²) in [6.07, 6.45) is 0.844. The molecule has 4 nitrogen and oxygen atoms in total. The first-order valence-electron chi connectivity index (χ1n) is 8.73. The third-order valence-electron chi connectivity index (χ3n) is 4.48. The molecule has 0 bridgehead atoms. The zero-order valence-corrected chi connectivity index (χ0v) is 14.5. The summed E-state index contributed by atoms with van der Waals surface area (Å²) in [4.78, 5) is 16.6. The summed E-state index contributed by atoms with van der Waals surface area (Å²) in [5.74, 6) is 0.248. The Kier molecular flexibility index (Phi) is 6.17. The molecule has 3 rings (SSSR count). The molecule has 26 heavy (non-hydrogen) atoms. The SMILES string of the molecule is O=C(c1ccccc1)N1CCCN(Cc2ccccc2OC(F)F)CC1. The molecule has 0 saturated carbocycles. The predicted octanol–water partition coefficient (Wildman–Crippen LogP) is 3.64. The van der Waals surface area contributed by atoms with Crippen LogP contribution in [0.4, 0.5) is 8.78 Å². The average Bonchev–Trinajstić information content (AvgIpc) is 2.89. The second kappa shape index (κ2) is 8.76. The number of rotatable bonds is 5. The molecule has 1 fully saturated rings. The number of hydrogen-bond acceptors (Lipinski definition) is 3. The molecule has 1 aliphatic rings. The maximum atomic E-state index is 12.6. The maximum Gasteiger partial charge on any atom is 0.387 e. The van der Waals surface area contributed by atoms with Gasteiger partial charge in [-0.15, -0.1) is 0 Å². The molecule has 1 aliphatic heterocycles. The molecule has 1 amide bonds. The van der Waals surface area contributed by atoms with Crippen molar-refractivity contribution in [2.45, 2.75) is 19.6 Å². The Morgan fingerprint density at radius 3 is 2.46 bits per heavy atom. The van der Waals surface area contributed by atoms with Gasteiger partial charge in [0.25, 0.3) is 5.91 Å². The van der Waals surface area contributed by atoms with Crippen LogP contribution in [0.3, 0.4) is 0 Å². The maximum absolute atomic E-state index is 12.6. The van der Waals surface area contributed by atoms with Gasteiger partial charge in [0.2, 0.25) is 0 Å². The molecule has 2 aromatic rings. The molecule has 138 valence electrons. The van der Waals surface area contributed by atoms with E-state index in [0.717, 1.165) is 18.5 Å². The summed E-state index contributed by atoms with van der Waals surface area (Å²) in [5.41, 5.74) is 1.42. The highest BCUT2D eigenvalue weighted by Crippen LogP contribution is 2.22. The van der Waals surface area contributed by atoms with E-state index in [1.807, 2.05) is 41.3 Å². The van der Waals surface area contributed by atoms with Gasteiger partial charge in [-0.1, -0.05) is 36.4 Å². The molecule has 0 spiro atoms. The highest BCUT2D eigenvalue weighted by atomic mass is 19.3. The lowest BCUT2D eigenvalue weighted by Crippen LogP contribution is -2.35. The van der Waals surface area contributed by atoms with Gasteiger partial charge in [0.15, 0.2) is 0 Å². The Hall–Kier alpha value is -2.47. The van der Waals surface area contributed by atoms with E-state index >= 15 is 0 Å². The van der Waals surface area contributed by atoms with Gasteiger partial charge >= 0.3 is 6.61 Å². The number of nitrogens with zero attached hydrogens (tertiary/aromatic N) is 2. The van der Waals surface area contributed by atoms with Gasteiger partial charge in [-0.3, -0.25) is 9.69 Å². The molecule has 0 aromatic heterocycles. The molecule has 2 aromatic carbocycles. The summed E-state index contributed by atoms with van der Waals surface area (Å²) in [6, 6.07) is 16.1. The highest BCUT2D eigenvalue weighted by molar-refractivity contribution is 5.94. The van der Waals surface area contributed by atoms with Gasteiger partial charge in [-0.25, -0.2) is 0 Å². The number of para-hydroxylation sites is 1. The highest BCUT2D eigenvalue weighted by Gasteiger charge is 2.21. The molecule has 0 atom stereocenters.